The number of rotatable bonds is 5. The summed E-state index contributed by atoms with van der Waals surface area (Å²) in [5.41, 5.74) is 1.09. The van der Waals surface area contributed by atoms with Crippen LogP contribution in [0.4, 0.5) is 0 Å². The molecule has 0 atom stereocenters. The summed E-state index contributed by atoms with van der Waals surface area (Å²) in [6.45, 7) is 0.961. The number of fused-ring (bicyclic) bond motifs is 1. The zero-order valence-corrected chi connectivity index (χ0v) is 14.8. The lowest BCUT2D eigenvalue weighted by atomic mass is 10.1. The maximum atomic E-state index is 12.7. The molecule has 0 aliphatic carbocycles. The van der Waals surface area contributed by atoms with E-state index < -0.39 is 0 Å². The van der Waals surface area contributed by atoms with Gasteiger partial charge >= 0.3 is 0 Å². The highest BCUT2D eigenvalue weighted by Crippen LogP contribution is 2.08. The Kier molecular flexibility index (Phi) is 4.45. The van der Waals surface area contributed by atoms with Crippen molar-refractivity contribution >= 4 is 23.0 Å². The van der Waals surface area contributed by atoms with Gasteiger partial charge in [0.2, 0.25) is 0 Å². The molecule has 0 aliphatic rings. The summed E-state index contributed by atoms with van der Waals surface area (Å²) in [6.07, 6.45) is 2.54. The molecule has 0 fully saturated rings. The first kappa shape index (κ1) is 16.4. The van der Waals surface area contributed by atoms with Gasteiger partial charge in [-0.15, -0.1) is 0 Å². The molecule has 0 radical (unpaired) electrons. The Labute approximate surface area is 154 Å². The van der Waals surface area contributed by atoms with Gasteiger partial charge in [-0.3, -0.25) is 9.89 Å². The number of aromatic amines is 1. The van der Waals surface area contributed by atoms with Gasteiger partial charge in [0.25, 0.3) is 5.56 Å². The van der Waals surface area contributed by atoms with Crippen LogP contribution in [0.5, 0.6) is 0 Å². The molecule has 0 saturated carbocycles. The van der Waals surface area contributed by atoms with Crippen LogP contribution in [0.25, 0.3) is 10.8 Å². The lowest BCUT2D eigenvalue weighted by Gasteiger charge is -2.09. The number of hydrogen-bond acceptors (Lipinski definition) is 4. The summed E-state index contributed by atoms with van der Waals surface area (Å²) in [7, 11) is 0. The summed E-state index contributed by atoms with van der Waals surface area (Å²) in [5.74, 6) is 0.691. The van der Waals surface area contributed by atoms with E-state index in [0.29, 0.717) is 22.5 Å². The molecule has 26 heavy (non-hydrogen) atoms. The van der Waals surface area contributed by atoms with Gasteiger partial charge in [-0.1, -0.05) is 48.5 Å². The number of H-pyrrole nitrogens is 1. The minimum Gasteiger partial charge on any atom is -0.302 e. The third-order valence-corrected chi connectivity index (χ3v) is 4.67. The van der Waals surface area contributed by atoms with Gasteiger partial charge in [0.1, 0.15) is 6.54 Å². The molecular weight excluding hydrogens is 346 g/mol. The van der Waals surface area contributed by atoms with Crippen molar-refractivity contribution in [3.8, 4) is 0 Å². The SMILES string of the molecule is O=c1c2ccccc2cnn1Cc1n[nH]c(=S)n1CCc1ccccc1. The highest BCUT2D eigenvalue weighted by Gasteiger charge is 2.10. The predicted molar refractivity (Wildman–Crippen MR) is 103 cm³/mol. The fourth-order valence-electron chi connectivity index (χ4n) is 2.96. The molecule has 2 aromatic carbocycles. The van der Waals surface area contributed by atoms with Crippen molar-refractivity contribution in [2.75, 3.05) is 0 Å². The van der Waals surface area contributed by atoms with Gasteiger partial charge in [0.15, 0.2) is 10.6 Å². The summed E-state index contributed by atoms with van der Waals surface area (Å²) in [4.78, 5) is 12.7. The third kappa shape index (κ3) is 3.21. The molecule has 7 heteroatoms. The zero-order valence-electron chi connectivity index (χ0n) is 14.0. The maximum Gasteiger partial charge on any atom is 0.275 e. The molecule has 0 amide bonds. The molecule has 4 aromatic rings. The molecule has 130 valence electrons. The normalized spacial score (nSPS) is 11.1. The van der Waals surface area contributed by atoms with E-state index in [1.807, 2.05) is 47.0 Å². The Hall–Kier alpha value is -3.06. The van der Waals surface area contributed by atoms with Crippen LogP contribution < -0.4 is 5.56 Å². The van der Waals surface area contributed by atoms with E-state index in [0.717, 1.165) is 11.8 Å². The van der Waals surface area contributed by atoms with Crippen LogP contribution in [0.15, 0.2) is 65.6 Å². The number of aryl methyl sites for hydroxylation is 1. The Morgan fingerprint density at radius 3 is 2.65 bits per heavy atom. The Morgan fingerprint density at radius 2 is 1.81 bits per heavy atom. The van der Waals surface area contributed by atoms with E-state index in [4.69, 9.17) is 12.2 Å². The average Bonchev–Trinajstić information content (AvgIpc) is 3.03. The van der Waals surface area contributed by atoms with Gasteiger partial charge in [0.05, 0.1) is 11.6 Å². The lowest BCUT2D eigenvalue weighted by Crippen LogP contribution is -2.25. The largest absolute Gasteiger partial charge is 0.302 e. The fraction of sp³-hybridized carbons (Fsp3) is 0.158. The standard InChI is InChI=1S/C19H17N5OS/c25-18-16-9-5-4-8-15(16)12-20-24(18)13-17-21-22-19(26)23(17)11-10-14-6-2-1-3-7-14/h1-9,12H,10-11,13H2,(H,22,26). The molecule has 0 bridgehead atoms. The van der Waals surface area contributed by atoms with Gasteiger partial charge < -0.3 is 4.57 Å². The number of nitrogens with one attached hydrogen (secondary N) is 1. The van der Waals surface area contributed by atoms with Gasteiger partial charge in [-0.2, -0.15) is 10.2 Å². The molecule has 0 saturated heterocycles. The summed E-state index contributed by atoms with van der Waals surface area (Å²) in [5, 5.41) is 12.9. The van der Waals surface area contributed by atoms with Crippen LogP contribution in [-0.2, 0) is 19.5 Å². The van der Waals surface area contributed by atoms with Crippen molar-refractivity contribution in [2.24, 2.45) is 0 Å². The summed E-state index contributed by atoms with van der Waals surface area (Å²) in [6, 6.07) is 17.6. The Bertz CT molecular complexity index is 1160. The van der Waals surface area contributed by atoms with Crippen molar-refractivity contribution in [3.63, 3.8) is 0 Å². The molecule has 6 nitrogen and oxygen atoms in total. The summed E-state index contributed by atoms with van der Waals surface area (Å²) < 4.78 is 3.89. The summed E-state index contributed by atoms with van der Waals surface area (Å²) >= 11 is 5.35. The van der Waals surface area contributed by atoms with E-state index in [9.17, 15) is 4.79 Å². The number of hydrogen-bond donors (Lipinski definition) is 1. The van der Waals surface area contributed by atoms with Crippen LogP contribution in [-0.4, -0.2) is 24.5 Å². The van der Waals surface area contributed by atoms with Crippen molar-refractivity contribution in [2.45, 2.75) is 19.5 Å². The van der Waals surface area contributed by atoms with Crippen LogP contribution in [0.2, 0.25) is 0 Å². The van der Waals surface area contributed by atoms with Gasteiger partial charge in [-0.25, -0.2) is 4.68 Å². The first-order valence-corrected chi connectivity index (χ1v) is 8.76. The Morgan fingerprint density at radius 1 is 1.04 bits per heavy atom. The highest BCUT2D eigenvalue weighted by molar-refractivity contribution is 7.71. The molecule has 0 spiro atoms. The van der Waals surface area contributed by atoms with Crippen molar-refractivity contribution in [3.05, 3.63) is 87.3 Å². The Balaban J connectivity index is 1.62. The topological polar surface area (TPSA) is 68.5 Å². The van der Waals surface area contributed by atoms with Gasteiger partial charge in [-0.05, 0) is 30.3 Å². The predicted octanol–water partition coefficient (Wildman–Crippen LogP) is 2.94. The third-order valence-electron chi connectivity index (χ3n) is 4.36. The van der Waals surface area contributed by atoms with E-state index in [1.54, 1.807) is 6.20 Å². The van der Waals surface area contributed by atoms with Crippen molar-refractivity contribution in [1.82, 2.24) is 24.5 Å². The smallest absolute Gasteiger partial charge is 0.275 e. The van der Waals surface area contributed by atoms with Crippen LogP contribution in [0, 0.1) is 4.77 Å². The molecule has 2 aromatic heterocycles. The van der Waals surface area contributed by atoms with Crippen molar-refractivity contribution < 1.29 is 0 Å². The second-order valence-electron chi connectivity index (χ2n) is 6.03. The van der Waals surface area contributed by atoms with E-state index >= 15 is 0 Å². The number of aromatic nitrogens is 5. The zero-order chi connectivity index (χ0) is 17.9. The second kappa shape index (κ2) is 7.05. The molecule has 4 rings (SSSR count). The number of nitrogens with zero attached hydrogens (tertiary/aromatic N) is 4. The monoisotopic (exact) mass is 363 g/mol. The van der Waals surface area contributed by atoms with Crippen molar-refractivity contribution in [1.29, 1.82) is 0 Å². The molecule has 0 unspecified atom stereocenters. The fourth-order valence-corrected chi connectivity index (χ4v) is 3.20. The van der Waals surface area contributed by atoms with Crippen LogP contribution in [0.1, 0.15) is 11.4 Å². The molecule has 2 heterocycles. The van der Waals surface area contributed by atoms with E-state index in [-0.39, 0.29) is 12.1 Å². The van der Waals surface area contributed by atoms with E-state index in [2.05, 4.69) is 27.4 Å². The minimum atomic E-state index is -0.133. The maximum absolute atomic E-state index is 12.7. The van der Waals surface area contributed by atoms with Crippen LogP contribution >= 0.6 is 12.2 Å². The molecular formula is C19H17N5OS. The number of benzene rings is 2. The average molecular weight is 363 g/mol. The highest BCUT2D eigenvalue weighted by atomic mass is 32.1. The first-order valence-electron chi connectivity index (χ1n) is 8.35. The van der Waals surface area contributed by atoms with E-state index in [1.165, 1.54) is 10.2 Å². The van der Waals surface area contributed by atoms with Crippen LogP contribution in [0.3, 0.4) is 0 Å². The lowest BCUT2D eigenvalue weighted by molar-refractivity contribution is 0.569. The molecule has 1 N–H and O–H groups in total. The minimum absolute atomic E-state index is 0.133. The van der Waals surface area contributed by atoms with Gasteiger partial charge in [0, 0.05) is 11.9 Å². The quantitative estimate of drug-likeness (QED) is 0.554. The molecule has 0 aliphatic heterocycles. The first-order chi connectivity index (χ1) is 12.7. The second-order valence-corrected chi connectivity index (χ2v) is 6.41.